The second-order valence-electron chi connectivity index (χ2n) is 11.0. The van der Waals surface area contributed by atoms with Crippen molar-refractivity contribution in [1.29, 1.82) is 0 Å². The monoisotopic (exact) mass is 482 g/mol. The average Bonchev–Trinajstić information content (AvgIpc) is 2.81. The summed E-state index contributed by atoms with van der Waals surface area (Å²) >= 11 is 6.16. The Kier molecular flexibility index (Phi) is 7.56. The number of nitrogens with one attached hydrogen (secondary N) is 1. The van der Waals surface area contributed by atoms with E-state index in [1.807, 2.05) is 37.8 Å². The lowest BCUT2D eigenvalue weighted by molar-refractivity contribution is -0.140. The van der Waals surface area contributed by atoms with Gasteiger partial charge in [0.15, 0.2) is 0 Å². The molecule has 184 valence electrons. The van der Waals surface area contributed by atoms with E-state index >= 15 is 0 Å². The van der Waals surface area contributed by atoms with Gasteiger partial charge < -0.3 is 15.1 Å². The third kappa shape index (κ3) is 5.76. The van der Waals surface area contributed by atoms with Crippen LogP contribution >= 0.6 is 11.6 Å². The summed E-state index contributed by atoms with van der Waals surface area (Å²) in [6.07, 6.45) is 0. The molecule has 2 aromatic carbocycles. The molecule has 0 spiro atoms. The van der Waals surface area contributed by atoms with Crippen LogP contribution < -0.4 is 10.2 Å². The predicted octanol–water partition coefficient (Wildman–Crippen LogP) is 4.96. The number of rotatable bonds is 4. The molecule has 2 fully saturated rings. The molecule has 0 aliphatic carbocycles. The van der Waals surface area contributed by atoms with Crippen molar-refractivity contribution in [2.24, 2.45) is 5.41 Å². The minimum absolute atomic E-state index is 0.105. The number of hydrogen-bond donors (Lipinski definition) is 1. The highest BCUT2D eigenvalue weighted by Crippen LogP contribution is 2.33. The fraction of sp³-hybridized carbons (Fsp3) is 0.536. The van der Waals surface area contributed by atoms with Crippen molar-refractivity contribution in [1.82, 2.24) is 15.1 Å². The lowest BCUT2D eigenvalue weighted by Gasteiger charge is -2.44. The molecule has 0 aromatic heterocycles. The maximum atomic E-state index is 13.1. The summed E-state index contributed by atoms with van der Waals surface area (Å²) in [5, 5.41) is 4.30. The van der Waals surface area contributed by atoms with Gasteiger partial charge in [-0.2, -0.15) is 0 Å². The van der Waals surface area contributed by atoms with Crippen LogP contribution in [0.15, 0.2) is 48.5 Å². The zero-order valence-electron chi connectivity index (χ0n) is 21.2. The maximum absolute atomic E-state index is 13.1. The Hall–Kier alpha value is -2.08. The van der Waals surface area contributed by atoms with Crippen molar-refractivity contribution in [3.8, 4) is 0 Å². The quantitative estimate of drug-likeness (QED) is 0.668. The Labute approximate surface area is 210 Å². The largest absolute Gasteiger partial charge is 0.361 e. The number of anilines is 1. The van der Waals surface area contributed by atoms with Gasteiger partial charge in [-0.25, -0.2) is 0 Å². The van der Waals surface area contributed by atoms with Crippen LogP contribution in [0.2, 0.25) is 5.02 Å². The lowest BCUT2D eigenvalue weighted by Crippen LogP contribution is -2.53. The van der Waals surface area contributed by atoms with Crippen molar-refractivity contribution in [2.75, 3.05) is 37.6 Å². The third-order valence-electron chi connectivity index (χ3n) is 7.11. The summed E-state index contributed by atoms with van der Waals surface area (Å²) in [6, 6.07) is 18.2. The van der Waals surface area contributed by atoms with Crippen LogP contribution in [0.3, 0.4) is 0 Å². The minimum atomic E-state index is -0.381. The van der Waals surface area contributed by atoms with Gasteiger partial charge in [-0.3, -0.25) is 9.69 Å². The van der Waals surface area contributed by atoms with E-state index in [4.69, 9.17) is 11.6 Å². The number of piperazine rings is 2. The van der Waals surface area contributed by atoms with Gasteiger partial charge in [-0.1, -0.05) is 56.6 Å². The fourth-order valence-corrected chi connectivity index (χ4v) is 5.19. The molecule has 3 atom stereocenters. The first-order valence-electron chi connectivity index (χ1n) is 12.5. The van der Waals surface area contributed by atoms with Gasteiger partial charge >= 0.3 is 0 Å². The van der Waals surface area contributed by atoms with Gasteiger partial charge in [0.2, 0.25) is 5.91 Å². The summed E-state index contributed by atoms with van der Waals surface area (Å²) in [5.41, 5.74) is 3.34. The second-order valence-corrected chi connectivity index (χ2v) is 11.5. The van der Waals surface area contributed by atoms with Crippen LogP contribution in [0.25, 0.3) is 0 Å². The van der Waals surface area contributed by atoms with Crippen LogP contribution in [0.4, 0.5) is 5.69 Å². The number of benzene rings is 2. The average molecular weight is 483 g/mol. The first-order chi connectivity index (χ1) is 16.1. The van der Waals surface area contributed by atoms with Crippen molar-refractivity contribution in [3.05, 3.63) is 64.7 Å². The number of halogens is 1. The molecular formula is C28H39ClN4O. The van der Waals surface area contributed by atoms with E-state index in [9.17, 15) is 4.79 Å². The first-order valence-corrected chi connectivity index (χ1v) is 12.9. The molecule has 2 aliphatic rings. The Balaban J connectivity index is 1.56. The predicted molar refractivity (Wildman–Crippen MR) is 141 cm³/mol. The maximum Gasteiger partial charge on any atom is 0.228 e. The van der Waals surface area contributed by atoms with Crippen molar-refractivity contribution in [3.63, 3.8) is 0 Å². The van der Waals surface area contributed by atoms with Crippen molar-refractivity contribution < 1.29 is 4.79 Å². The highest BCUT2D eigenvalue weighted by Gasteiger charge is 2.35. The Morgan fingerprint density at radius 1 is 1.00 bits per heavy atom. The van der Waals surface area contributed by atoms with E-state index < -0.39 is 0 Å². The topological polar surface area (TPSA) is 38.8 Å². The number of amides is 1. The molecule has 2 heterocycles. The van der Waals surface area contributed by atoms with Gasteiger partial charge in [0.05, 0.1) is 6.04 Å². The minimum Gasteiger partial charge on any atom is -0.361 e. The molecule has 2 aromatic rings. The summed E-state index contributed by atoms with van der Waals surface area (Å²) in [7, 11) is 0. The number of carbonyl (C=O) groups excluding carboxylic acids is 1. The van der Waals surface area contributed by atoms with E-state index in [1.165, 1.54) is 11.1 Å². The van der Waals surface area contributed by atoms with Gasteiger partial charge in [-0.05, 0) is 49.2 Å². The van der Waals surface area contributed by atoms with E-state index in [1.54, 1.807) is 0 Å². The molecule has 4 rings (SSSR count). The van der Waals surface area contributed by atoms with Gasteiger partial charge in [-0.15, -0.1) is 0 Å². The normalized spacial score (nSPS) is 24.4. The van der Waals surface area contributed by atoms with Crippen LogP contribution in [0, 0.1) is 5.41 Å². The molecule has 5 nitrogen and oxygen atoms in total. The van der Waals surface area contributed by atoms with E-state index in [2.05, 4.69) is 65.4 Å². The zero-order chi connectivity index (χ0) is 24.5. The smallest absolute Gasteiger partial charge is 0.228 e. The van der Waals surface area contributed by atoms with Gasteiger partial charge in [0.25, 0.3) is 0 Å². The Bertz CT molecular complexity index is 969. The molecule has 1 N–H and O–H groups in total. The summed E-state index contributed by atoms with van der Waals surface area (Å²) in [6.45, 7) is 15.8. The van der Waals surface area contributed by atoms with Crippen LogP contribution in [-0.4, -0.2) is 60.5 Å². The summed E-state index contributed by atoms with van der Waals surface area (Å²) < 4.78 is 0. The zero-order valence-corrected chi connectivity index (χ0v) is 22.0. The van der Waals surface area contributed by atoms with E-state index in [0.717, 1.165) is 43.4 Å². The number of nitrogens with zero attached hydrogens (tertiary/aromatic N) is 3. The van der Waals surface area contributed by atoms with Crippen molar-refractivity contribution in [2.45, 2.75) is 59.3 Å². The second kappa shape index (κ2) is 10.3. The number of hydrogen-bond acceptors (Lipinski definition) is 4. The Morgan fingerprint density at radius 2 is 1.68 bits per heavy atom. The molecule has 0 unspecified atom stereocenters. The highest BCUT2D eigenvalue weighted by atomic mass is 35.5. The van der Waals surface area contributed by atoms with Crippen LogP contribution in [0.1, 0.15) is 51.8 Å². The lowest BCUT2D eigenvalue weighted by atomic mass is 9.92. The van der Waals surface area contributed by atoms with E-state index in [0.29, 0.717) is 18.6 Å². The van der Waals surface area contributed by atoms with Crippen LogP contribution in [-0.2, 0) is 11.3 Å². The molecule has 0 saturated carbocycles. The number of carbonyl (C=O) groups is 1. The van der Waals surface area contributed by atoms with Gasteiger partial charge in [0.1, 0.15) is 0 Å². The molecule has 0 bridgehead atoms. The third-order valence-corrected chi connectivity index (χ3v) is 7.36. The molecule has 2 saturated heterocycles. The highest BCUT2D eigenvalue weighted by molar-refractivity contribution is 6.30. The SMILES string of the molecule is C[C@@H]1CN[C@@H](C)CN1Cc1ccc([C@@H]2CN(C(=O)C(C)(C)C)CCN2c2ccc(Cl)cc2)cc1. The molecule has 2 aliphatic heterocycles. The van der Waals surface area contributed by atoms with Crippen LogP contribution in [0.5, 0.6) is 0 Å². The summed E-state index contributed by atoms with van der Waals surface area (Å²) in [5.74, 6) is 0.215. The molecule has 0 radical (unpaired) electrons. The van der Waals surface area contributed by atoms with Crippen molar-refractivity contribution >= 4 is 23.2 Å². The standard InChI is InChI=1S/C28H39ClN4O/c1-20-17-32(21(2)16-30-20)18-22-6-8-23(9-7-22)26-19-31(27(34)28(3,4)5)14-15-33(26)25-12-10-24(29)11-13-25/h6-13,20-21,26,30H,14-19H2,1-5H3/t20-,21+,26-/m0/s1. The molecule has 34 heavy (non-hydrogen) atoms. The fourth-order valence-electron chi connectivity index (χ4n) is 5.07. The molecule has 1 amide bonds. The first kappa shape index (κ1) is 25.0. The van der Waals surface area contributed by atoms with Gasteiger partial charge in [0, 0.05) is 67.5 Å². The summed E-state index contributed by atoms with van der Waals surface area (Å²) in [4.78, 5) is 20.1. The molecular weight excluding hydrogens is 444 g/mol. The Morgan fingerprint density at radius 3 is 2.32 bits per heavy atom. The molecule has 6 heteroatoms. The van der Waals surface area contributed by atoms with E-state index in [-0.39, 0.29) is 17.4 Å².